The maximum Gasteiger partial charge on any atom is 0.252 e. The SMILES string of the molecule is COc1ccc2sc(=NC(=O)Cc3ccccc3)n(CCSC)c2c1. The summed E-state index contributed by atoms with van der Waals surface area (Å²) in [5.74, 6) is 1.65. The van der Waals surface area contributed by atoms with Crippen LogP contribution in [0.4, 0.5) is 0 Å². The number of methoxy groups -OCH3 is 1. The van der Waals surface area contributed by atoms with Crippen LogP contribution in [0.5, 0.6) is 5.75 Å². The lowest BCUT2D eigenvalue weighted by molar-refractivity contribution is -0.117. The Morgan fingerprint density at radius 3 is 2.76 bits per heavy atom. The highest BCUT2D eigenvalue weighted by Gasteiger charge is 2.09. The van der Waals surface area contributed by atoms with Gasteiger partial charge in [0.1, 0.15) is 5.75 Å². The van der Waals surface area contributed by atoms with Crippen molar-refractivity contribution in [1.82, 2.24) is 4.57 Å². The summed E-state index contributed by atoms with van der Waals surface area (Å²) in [5, 5.41) is 0. The second kappa shape index (κ2) is 8.36. The van der Waals surface area contributed by atoms with Crippen molar-refractivity contribution in [3.8, 4) is 5.75 Å². The van der Waals surface area contributed by atoms with E-state index in [4.69, 9.17) is 4.74 Å². The molecule has 0 N–H and O–H groups in total. The minimum atomic E-state index is -0.123. The van der Waals surface area contributed by atoms with Crippen LogP contribution in [0.15, 0.2) is 53.5 Å². The van der Waals surface area contributed by atoms with Gasteiger partial charge < -0.3 is 9.30 Å². The number of rotatable bonds is 6. The van der Waals surface area contributed by atoms with Crippen LogP contribution < -0.4 is 9.54 Å². The Hall–Kier alpha value is -2.05. The average molecular weight is 373 g/mol. The Morgan fingerprint density at radius 1 is 1.24 bits per heavy atom. The first-order valence-electron chi connectivity index (χ1n) is 7.99. The molecule has 6 heteroatoms. The molecule has 130 valence electrons. The molecule has 0 saturated carbocycles. The molecule has 3 rings (SSSR count). The van der Waals surface area contributed by atoms with Gasteiger partial charge in [0.05, 0.1) is 23.7 Å². The van der Waals surface area contributed by atoms with E-state index < -0.39 is 0 Å². The standard InChI is InChI=1S/C19H20N2O2S2/c1-23-15-8-9-17-16(13-15)21(10-11-24-2)19(25-17)20-18(22)12-14-6-4-3-5-7-14/h3-9,13H,10-12H2,1-2H3. The van der Waals surface area contributed by atoms with Crippen LogP contribution in [-0.2, 0) is 17.8 Å². The topological polar surface area (TPSA) is 43.6 Å². The molecule has 0 fully saturated rings. The molecule has 0 atom stereocenters. The highest BCUT2D eigenvalue weighted by molar-refractivity contribution is 7.98. The Labute approximate surface area is 155 Å². The lowest BCUT2D eigenvalue weighted by Gasteiger charge is -2.05. The predicted molar refractivity (Wildman–Crippen MR) is 105 cm³/mol. The molecular weight excluding hydrogens is 352 g/mol. The first-order valence-corrected chi connectivity index (χ1v) is 10.2. The predicted octanol–water partition coefficient (Wildman–Crippen LogP) is 3.74. The molecule has 25 heavy (non-hydrogen) atoms. The van der Waals surface area contributed by atoms with Crippen LogP contribution in [0.1, 0.15) is 5.56 Å². The quantitative estimate of drug-likeness (QED) is 0.662. The first-order chi connectivity index (χ1) is 12.2. The minimum absolute atomic E-state index is 0.123. The third kappa shape index (κ3) is 4.32. The van der Waals surface area contributed by atoms with Gasteiger partial charge in [-0.05, 0) is 24.0 Å². The molecule has 0 aliphatic rings. The van der Waals surface area contributed by atoms with Crippen LogP contribution in [0.2, 0.25) is 0 Å². The molecule has 0 saturated heterocycles. The normalized spacial score (nSPS) is 11.8. The molecule has 0 aliphatic heterocycles. The number of ether oxygens (including phenoxy) is 1. The van der Waals surface area contributed by atoms with Gasteiger partial charge in [0, 0.05) is 18.4 Å². The van der Waals surface area contributed by atoms with Crippen molar-refractivity contribution in [2.75, 3.05) is 19.1 Å². The summed E-state index contributed by atoms with van der Waals surface area (Å²) >= 11 is 3.32. The van der Waals surface area contributed by atoms with Crippen molar-refractivity contribution in [1.29, 1.82) is 0 Å². The molecule has 0 unspecified atom stereocenters. The van der Waals surface area contributed by atoms with Crippen LogP contribution in [-0.4, -0.2) is 29.6 Å². The number of benzene rings is 2. The van der Waals surface area contributed by atoms with Gasteiger partial charge in [-0.25, -0.2) is 0 Å². The Kier molecular flexibility index (Phi) is 5.94. The number of carbonyl (C=O) groups is 1. The van der Waals surface area contributed by atoms with E-state index in [0.717, 1.165) is 38.6 Å². The van der Waals surface area contributed by atoms with E-state index in [1.165, 1.54) is 0 Å². The molecule has 1 aromatic heterocycles. The van der Waals surface area contributed by atoms with E-state index in [0.29, 0.717) is 6.42 Å². The zero-order valence-electron chi connectivity index (χ0n) is 14.3. The molecule has 3 aromatic rings. The fraction of sp³-hybridized carbons (Fsp3) is 0.263. The second-order valence-corrected chi connectivity index (χ2v) is 7.53. The largest absolute Gasteiger partial charge is 0.497 e. The monoisotopic (exact) mass is 372 g/mol. The number of hydrogen-bond donors (Lipinski definition) is 0. The summed E-state index contributed by atoms with van der Waals surface area (Å²) in [6, 6.07) is 15.7. The summed E-state index contributed by atoms with van der Waals surface area (Å²) < 4.78 is 8.56. The van der Waals surface area contributed by atoms with Crippen LogP contribution >= 0.6 is 23.1 Å². The van der Waals surface area contributed by atoms with Crippen molar-refractivity contribution in [3.63, 3.8) is 0 Å². The Bertz CT molecular complexity index is 929. The van der Waals surface area contributed by atoms with Crippen molar-refractivity contribution >= 4 is 39.2 Å². The van der Waals surface area contributed by atoms with Crippen LogP contribution in [0, 0.1) is 0 Å². The van der Waals surface area contributed by atoms with E-state index in [2.05, 4.69) is 15.8 Å². The first kappa shape index (κ1) is 17.8. The van der Waals surface area contributed by atoms with E-state index in [1.54, 1.807) is 30.2 Å². The fourth-order valence-corrected chi connectivity index (χ4v) is 4.00. The lowest BCUT2D eigenvalue weighted by Crippen LogP contribution is -2.18. The zero-order valence-corrected chi connectivity index (χ0v) is 15.9. The summed E-state index contributed by atoms with van der Waals surface area (Å²) in [7, 11) is 1.66. The van der Waals surface area contributed by atoms with Gasteiger partial charge in [-0.3, -0.25) is 4.79 Å². The molecule has 4 nitrogen and oxygen atoms in total. The van der Waals surface area contributed by atoms with Crippen molar-refractivity contribution in [3.05, 3.63) is 58.9 Å². The molecule has 1 heterocycles. The summed E-state index contributed by atoms with van der Waals surface area (Å²) in [5.41, 5.74) is 2.04. The Morgan fingerprint density at radius 2 is 2.04 bits per heavy atom. The van der Waals surface area contributed by atoms with Crippen molar-refractivity contribution in [2.24, 2.45) is 4.99 Å². The zero-order chi connectivity index (χ0) is 17.6. The van der Waals surface area contributed by atoms with Gasteiger partial charge in [-0.2, -0.15) is 16.8 Å². The second-order valence-electron chi connectivity index (χ2n) is 5.53. The molecule has 0 aliphatic carbocycles. The number of aromatic nitrogens is 1. The molecule has 0 radical (unpaired) electrons. The van der Waals surface area contributed by atoms with Gasteiger partial charge in [0.25, 0.3) is 5.91 Å². The number of carbonyl (C=O) groups excluding carboxylic acids is 1. The van der Waals surface area contributed by atoms with E-state index in [1.807, 2.05) is 48.5 Å². The van der Waals surface area contributed by atoms with E-state index >= 15 is 0 Å². The molecule has 2 aromatic carbocycles. The van der Waals surface area contributed by atoms with Crippen molar-refractivity contribution in [2.45, 2.75) is 13.0 Å². The molecular formula is C19H20N2O2S2. The number of nitrogens with zero attached hydrogens (tertiary/aromatic N) is 2. The number of aryl methyl sites for hydroxylation is 1. The Balaban J connectivity index is 1.99. The maximum absolute atomic E-state index is 12.4. The highest BCUT2D eigenvalue weighted by Crippen LogP contribution is 2.23. The minimum Gasteiger partial charge on any atom is -0.497 e. The summed E-state index contributed by atoms with van der Waals surface area (Å²) in [4.78, 5) is 17.5. The number of thioether (sulfide) groups is 1. The average Bonchev–Trinajstić information content (AvgIpc) is 2.96. The third-order valence-electron chi connectivity index (χ3n) is 3.83. The lowest BCUT2D eigenvalue weighted by atomic mass is 10.1. The number of hydrogen-bond acceptors (Lipinski definition) is 4. The van der Waals surface area contributed by atoms with Crippen molar-refractivity contribution < 1.29 is 9.53 Å². The van der Waals surface area contributed by atoms with Gasteiger partial charge in [-0.1, -0.05) is 41.7 Å². The molecule has 0 spiro atoms. The number of thiazole rings is 1. The third-order valence-corrected chi connectivity index (χ3v) is 5.48. The van der Waals surface area contributed by atoms with E-state index in [9.17, 15) is 4.79 Å². The van der Waals surface area contributed by atoms with Gasteiger partial charge in [0.15, 0.2) is 4.80 Å². The number of amides is 1. The highest BCUT2D eigenvalue weighted by atomic mass is 32.2. The van der Waals surface area contributed by atoms with Crippen LogP contribution in [0.3, 0.4) is 0 Å². The van der Waals surface area contributed by atoms with Gasteiger partial charge in [0.2, 0.25) is 0 Å². The summed E-state index contributed by atoms with van der Waals surface area (Å²) in [6.45, 7) is 0.811. The smallest absolute Gasteiger partial charge is 0.252 e. The van der Waals surface area contributed by atoms with Gasteiger partial charge in [-0.15, -0.1) is 0 Å². The fourth-order valence-electron chi connectivity index (χ4n) is 2.58. The molecule has 0 bridgehead atoms. The molecule has 1 amide bonds. The van der Waals surface area contributed by atoms with E-state index in [-0.39, 0.29) is 5.91 Å². The summed E-state index contributed by atoms with van der Waals surface area (Å²) in [6.07, 6.45) is 2.40. The number of fused-ring (bicyclic) bond motifs is 1. The van der Waals surface area contributed by atoms with Crippen LogP contribution in [0.25, 0.3) is 10.2 Å². The van der Waals surface area contributed by atoms with Gasteiger partial charge >= 0.3 is 0 Å². The maximum atomic E-state index is 12.4.